The van der Waals surface area contributed by atoms with Gasteiger partial charge in [-0.25, -0.2) is 9.78 Å². The molecule has 1 atom stereocenters. The second kappa shape index (κ2) is 9.32. The van der Waals surface area contributed by atoms with Crippen LogP contribution < -0.4 is 10.2 Å². The van der Waals surface area contributed by atoms with Crippen LogP contribution in [0.2, 0.25) is 0 Å². The van der Waals surface area contributed by atoms with Crippen LogP contribution in [0.1, 0.15) is 37.6 Å². The number of para-hydroxylation sites is 1. The Morgan fingerprint density at radius 2 is 1.86 bits per heavy atom. The van der Waals surface area contributed by atoms with Gasteiger partial charge in [0.05, 0.1) is 11.2 Å². The number of pyridine rings is 1. The van der Waals surface area contributed by atoms with Crippen molar-refractivity contribution in [3.8, 4) is 0 Å². The van der Waals surface area contributed by atoms with E-state index in [0.717, 1.165) is 5.69 Å². The van der Waals surface area contributed by atoms with Crippen molar-refractivity contribution in [3.63, 3.8) is 0 Å². The Balaban J connectivity index is 2.00. The molecule has 1 unspecified atom stereocenters. The van der Waals surface area contributed by atoms with Gasteiger partial charge in [-0.1, -0.05) is 18.2 Å². The zero-order valence-corrected chi connectivity index (χ0v) is 16.7. The third-order valence-corrected chi connectivity index (χ3v) is 4.04. The normalized spacial score (nSPS) is 12.3. The standard InChI is InChI=1S/C21H27N3O4/c1-21(2,3)28-13-12-17(20(26)27)23-19(25)15-10-11-18(22-14-15)24(4)16-8-6-5-7-9-16/h5-11,14,17H,12-13H2,1-4H3,(H,23,25)(H,26,27). The maximum atomic E-state index is 12.4. The molecule has 2 N–H and O–H groups in total. The second-order valence-electron chi connectivity index (χ2n) is 7.41. The van der Waals surface area contributed by atoms with Gasteiger partial charge in [-0.2, -0.15) is 0 Å². The van der Waals surface area contributed by atoms with E-state index in [4.69, 9.17) is 4.74 Å². The number of aliphatic carboxylic acids is 1. The number of nitrogens with one attached hydrogen (secondary N) is 1. The number of amides is 1. The zero-order valence-electron chi connectivity index (χ0n) is 16.7. The second-order valence-corrected chi connectivity index (χ2v) is 7.41. The van der Waals surface area contributed by atoms with Crippen LogP contribution >= 0.6 is 0 Å². The van der Waals surface area contributed by atoms with Crippen molar-refractivity contribution in [2.75, 3.05) is 18.6 Å². The molecule has 0 spiro atoms. The molecule has 7 heteroatoms. The summed E-state index contributed by atoms with van der Waals surface area (Å²) in [5.74, 6) is -0.903. The Morgan fingerprint density at radius 3 is 2.39 bits per heavy atom. The summed E-state index contributed by atoms with van der Waals surface area (Å²) in [7, 11) is 1.88. The third kappa shape index (κ3) is 6.35. The topological polar surface area (TPSA) is 91.8 Å². The summed E-state index contributed by atoms with van der Waals surface area (Å²) in [5, 5.41) is 11.9. The van der Waals surface area contributed by atoms with Crippen molar-refractivity contribution in [1.82, 2.24) is 10.3 Å². The van der Waals surface area contributed by atoms with Gasteiger partial charge in [0.1, 0.15) is 11.9 Å². The molecule has 0 saturated heterocycles. The van der Waals surface area contributed by atoms with Crippen LogP contribution in [0.25, 0.3) is 0 Å². The fourth-order valence-corrected chi connectivity index (χ4v) is 2.48. The fourth-order valence-electron chi connectivity index (χ4n) is 2.48. The number of anilines is 2. The number of rotatable bonds is 8. The molecular formula is C21H27N3O4. The van der Waals surface area contributed by atoms with Crippen LogP contribution in [0.3, 0.4) is 0 Å². The van der Waals surface area contributed by atoms with Crippen molar-refractivity contribution in [2.24, 2.45) is 0 Å². The summed E-state index contributed by atoms with van der Waals surface area (Å²) in [6.45, 7) is 5.91. The maximum Gasteiger partial charge on any atom is 0.326 e. The smallest absolute Gasteiger partial charge is 0.326 e. The molecule has 0 radical (unpaired) electrons. The van der Waals surface area contributed by atoms with E-state index in [9.17, 15) is 14.7 Å². The molecule has 1 amide bonds. The van der Waals surface area contributed by atoms with E-state index in [2.05, 4.69) is 10.3 Å². The quantitative estimate of drug-likeness (QED) is 0.725. The lowest BCUT2D eigenvalue weighted by Gasteiger charge is -2.21. The van der Waals surface area contributed by atoms with Crippen molar-refractivity contribution >= 4 is 23.4 Å². The summed E-state index contributed by atoms with van der Waals surface area (Å²) >= 11 is 0. The van der Waals surface area contributed by atoms with Crippen LogP contribution in [-0.4, -0.2) is 47.3 Å². The minimum Gasteiger partial charge on any atom is -0.480 e. The first-order chi connectivity index (χ1) is 13.2. The molecule has 2 aromatic rings. The summed E-state index contributed by atoms with van der Waals surface area (Å²) in [6, 6.07) is 12.0. The highest BCUT2D eigenvalue weighted by molar-refractivity contribution is 5.96. The van der Waals surface area contributed by atoms with Crippen molar-refractivity contribution in [1.29, 1.82) is 0 Å². The van der Waals surface area contributed by atoms with E-state index in [1.54, 1.807) is 12.1 Å². The Kier molecular flexibility index (Phi) is 7.12. The molecule has 0 aliphatic heterocycles. The number of benzene rings is 1. The Bertz CT molecular complexity index is 786. The average molecular weight is 385 g/mol. The predicted molar refractivity (Wildman–Crippen MR) is 108 cm³/mol. The summed E-state index contributed by atoms with van der Waals surface area (Å²) < 4.78 is 5.55. The van der Waals surface area contributed by atoms with Crippen LogP contribution in [0.15, 0.2) is 48.7 Å². The van der Waals surface area contributed by atoms with Crippen LogP contribution in [0.4, 0.5) is 11.5 Å². The van der Waals surface area contributed by atoms with Gasteiger partial charge in [0, 0.05) is 32.0 Å². The highest BCUT2D eigenvalue weighted by atomic mass is 16.5. The van der Waals surface area contributed by atoms with Gasteiger partial charge in [0.15, 0.2) is 0 Å². The molecule has 0 aliphatic carbocycles. The average Bonchev–Trinajstić information content (AvgIpc) is 2.66. The van der Waals surface area contributed by atoms with Gasteiger partial charge in [-0.15, -0.1) is 0 Å². The minimum atomic E-state index is -1.10. The molecule has 150 valence electrons. The lowest BCUT2D eigenvalue weighted by Crippen LogP contribution is -2.42. The van der Waals surface area contributed by atoms with Gasteiger partial charge < -0.3 is 20.1 Å². The number of nitrogens with zero attached hydrogens (tertiary/aromatic N) is 2. The largest absolute Gasteiger partial charge is 0.480 e. The lowest BCUT2D eigenvalue weighted by atomic mass is 10.1. The zero-order chi connectivity index (χ0) is 20.7. The first-order valence-corrected chi connectivity index (χ1v) is 9.10. The number of ether oxygens (including phenoxy) is 1. The van der Waals surface area contributed by atoms with Gasteiger partial charge in [-0.3, -0.25) is 4.79 Å². The highest BCUT2D eigenvalue weighted by Gasteiger charge is 2.22. The highest BCUT2D eigenvalue weighted by Crippen LogP contribution is 2.21. The predicted octanol–water partition coefficient (Wildman–Crippen LogP) is 3.24. The number of hydrogen-bond donors (Lipinski definition) is 2. The first kappa shape index (κ1) is 21.4. The van der Waals surface area contributed by atoms with E-state index in [0.29, 0.717) is 11.4 Å². The Hall–Kier alpha value is -2.93. The number of hydrogen-bond acceptors (Lipinski definition) is 5. The Morgan fingerprint density at radius 1 is 1.18 bits per heavy atom. The molecule has 0 fully saturated rings. The number of aromatic nitrogens is 1. The molecule has 1 heterocycles. The Labute approximate surface area is 165 Å². The monoisotopic (exact) mass is 385 g/mol. The van der Waals surface area contributed by atoms with Gasteiger partial charge in [0.2, 0.25) is 0 Å². The molecule has 0 bridgehead atoms. The number of carbonyl (C=O) groups excluding carboxylic acids is 1. The van der Waals surface area contributed by atoms with Crippen LogP contribution in [0, 0.1) is 0 Å². The van der Waals surface area contributed by atoms with Crippen LogP contribution in [0.5, 0.6) is 0 Å². The summed E-state index contributed by atoms with van der Waals surface area (Å²) in [5.41, 5.74) is 0.905. The minimum absolute atomic E-state index is 0.181. The number of carboxylic acid groups (broad SMARTS) is 1. The van der Waals surface area contributed by atoms with Crippen molar-refractivity contribution < 1.29 is 19.4 Å². The molecule has 1 aromatic carbocycles. The fraction of sp³-hybridized carbons (Fsp3) is 0.381. The summed E-state index contributed by atoms with van der Waals surface area (Å²) in [6.07, 6.45) is 1.62. The van der Waals surface area contributed by atoms with Gasteiger partial charge in [-0.05, 0) is 45.0 Å². The molecule has 1 aromatic heterocycles. The first-order valence-electron chi connectivity index (χ1n) is 9.10. The molecule has 0 saturated carbocycles. The van der Waals surface area contributed by atoms with Crippen LogP contribution in [-0.2, 0) is 9.53 Å². The number of carboxylic acids is 1. The molecule has 7 nitrogen and oxygen atoms in total. The van der Waals surface area contributed by atoms with E-state index < -0.39 is 17.9 Å². The molecular weight excluding hydrogens is 358 g/mol. The molecule has 2 rings (SSSR count). The van der Waals surface area contributed by atoms with E-state index in [-0.39, 0.29) is 18.6 Å². The van der Waals surface area contributed by atoms with E-state index in [1.165, 1.54) is 6.20 Å². The van der Waals surface area contributed by atoms with Crippen molar-refractivity contribution in [2.45, 2.75) is 38.8 Å². The van der Waals surface area contributed by atoms with Gasteiger partial charge >= 0.3 is 5.97 Å². The summed E-state index contributed by atoms with van der Waals surface area (Å²) in [4.78, 5) is 30.0. The lowest BCUT2D eigenvalue weighted by molar-refractivity contribution is -0.140. The van der Waals surface area contributed by atoms with E-state index in [1.807, 2.05) is 63.1 Å². The maximum absolute atomic E-state index is 12.4. The SMILES string of the molecule is CN(c1ccccc1)c1ccc(C(=O)NC(CCOC(C)(C)C)C(=O)O)cn1. The third-order valence-electron chi connectivity index (χ3n) is 4.04. The molecule has 0 aliphatic rings. The van der Waals surface area contributed by atoms with Gasteiger partial charge in [0.25, 0.3) is 5.91 Å². The van der Waals surface area contributed by atoms with Crippen molar-refractivity contribution in [3.05, 3.63) is 54.2 Å². The molecule has 28 heavy (non-hydrogen) atoms. The number of carbonyl (C=O) groups is 2. The van der Waals surface area contributed by atoms with E-state index >= 15 is 0 Å².